The highest BCUT2D eigenvalue weighted by atomic mass is 32.1. The van der Waals surface area contributed by atoms with Gasteiger partial charge in [0.05, 0.1) is 45.7 Å². The average Bonchev–Trinajstić information content (AvgIpc) is 3.58. The van der Waals surface area contributed by atoms with Gasteiger partial charge in [-0.05, 0) is 43.0 Å². The quantitative estimate of drug-likeness (QED) is 0.224. The van der Waals surface area contributed by atoms with Crippen LogP contribution in [-0.2, 0) is 18.0 Å². The molecule has 0 atom stereocenters. The van der Waals surface area contributed by atoms with Crippen molar-refractivity contribution in [3.63, 3.8) is 0 Å². The fourth-order valence-corrected chi connectivity index (χ4v) is 7.83. The van der Waals surface area contributed by atoms with Gasteiger partial charge in [0.25, 0.3) is 0 Å². The summed E-state index contributed by atoms with van der Waals surface area (Å²) in [5.41, 5.74) is 7.91. The molecule has 0 radical (unpaired) electrons. The third kappa shape index (κ3) is 4.76. The van der Waals surface area contributed by atoms with E-state index in [1.54, 1.807) is 32.8 Å². The topological polar surface area (TPSA) is 123 Å². The second kappa shape index (κ2) is 10.3. The van der Waals surface area contributed by atoms with Crippen molar-refractivity contribution in [2.75, 3.05) is 49.6 Å². The second-order valence-corrected chi connectivity index (χ2v) is 15.0. The molecule has 11 nitrogen and oxygen atoms in total. The zero-order valence-electron chi connectivity index (χ0n) is 24.4. The number of thiophene rings is 1. The van der Waals surface area contributed by atoms with Crippen molar-refractivity contribution in [2.24, 2.45) is 7.05 Å². The van der Waals surface area contributed by atoms with Crippen LogP contribution in [0.4, 0.5) is 28.8 Å². The molecule has 0 saturated heterocycles. The van der Waals surface area contributed by atoms with Gasteiger partial charge in [-0.2, -0.15) is 10.1 Å². The molecular weight excluding hydrogens is 581 g/mol. The van der Waals surface area contributed by atoms with Crippen molar-refractivity contribution in [3.8, 4) is 16.9 Å². The van der Waals surface area contributed by atoms with Gasteiger partial charge in [-0.15, -0.1) is 11.3 Å². The molecular formula is C30H30N9O2PS. The lowest BCUT2D eigenvalue weighted by molar-refractivity contribution is 0.417. The maximum absolute atomic E-state index is 13.5. The van der Waals surface area contributed by atoms with Crippen LogP contribution >= 0.6 is 18.5 Å². The van der Waals surface area contributed by atoms with Gasteiger partial charge in [-0.1, -0.05) is 0 Å². The number of fused-ring (bicyclic) bond motifs is 5. The van der Waals surface area contributed by atoms with E-state index in [9.17, 15) is 4.57 Å². The number of hydrogen-bond acceptors (Lipinski definition) is 11. The molecule has 0 bridgehead atoms. The van der Waals surface area contributed by atoms with E-state index in [4.69, 9.17) is 14.7 Å². The first-order valence-corrected chi connectivity index (χ1v) is 17.2. The lowest BCUT2D eigenvalue weighted by atomic mass is 10.0. The van der Waals surface area contributed by atoms with Gasteiger partial charge in [0, 0.05) is 68.0 Å². The van der Waals surface area contributed by atoms with E-state index in [0.29, 0.717) is 39.5 Å². The molecule has 0 unspecified atom stereocenters. The van der Waals surface area contributed by atoms with Gasteiger partial charge in [-0.25, -0.2) is 4.98 Å². The van der Waals surface area contributed by atoms with Crippen LogP contribution in [0, 0.1) is 0 Å². The Morgan fingerprint density at radius 1 is 0.977 bits per heavy atom. The minimum Gasteiger partial charge on any atom is -0.494 e. The molecule has 218 valence electrons. The maximum atomic E-state index is 13.5. The number of rotatable bonds is 6. The SMILES string of the molecule is COc1cc2c(cc1Nc1nc(Nc3ccc4nccnc4c3P(C)(C)=O)c3sccc3n1)-c1cnn(C)c1CCN2C. The van der Waals surface area contributed by atoms with Crippen LogP contribution in [0.2, 0.25) is 0 Å². The molecule has 4 aromatic heterocycles. The Hall–Kier alpha value is -4.54. The minimum atomic E-state index is -2.75. The molecule has 0 amide bonds. The zero-order chi connectivity index (χ0) is 29.9. The highest BCUT2D eigenvalue weighted by Crippen LogP contribution is 2.44. The Morgan fingerprint density at radius 3 is 2.63 bits per heavy atom. The molecule has 7 rings (SSSR count). The van der Waals surface area contributed by atoms with Gasteiger partial charge in [0.15, 0.2) is 5.82 Å². The minimum absolute atomic E-state index is 0.401. The zero-order valence-corrected chi connectivity index (χ0v) is 26.1. The van der Waals surface area contributed by atoms with Gasteiger partial charge in [0.1, 0.15) is 18.4 Å². The number of methoxy groups -OCH3 is 1. The Labute approximate surface area is 252 Å². The number of nitrogens with one attached hydrogen (secondary N) is 2. The predicted molar refractivity (Wildman–Crippen MR) is 175 cm³/mol. The van der Waals surface area contributed by atoms with E-state index in [2.05, 4.69) is 43.7 Å². The molecule has 0 aliphatic carbocycles. The van der Waals surface area contributed by atoms with Gasteiger partial charge >= 0.3 is 0 Å². The number of benzene rings is 2. The first-order valence-electron chi connectivity index (χ1n) is 13.7. The maximum Gasteiger partial charge on any atom is 0.229 e. The molecule has 2 N–H and O–H groups in total. The molecule has 5 heterocycles. The van der Waals surface area contributed by atoms with Gasteiger partial charge < -0.3 is 24.8 Å². The highest BCUT2D eigenvalue weighted by Gasteiger charge is 2.25. The van der Waals surface area contributed by atoms with E-state index in [1.807, 2.05) is 47.6 Å². The van der Waals surface area contributed by atoms with E-state index in [-0.39, 0.29) is 0 Å². The summed E-state index contributed by atoms with van der Waals surface area (Å²) in [6, 6.07) is 9.85. The van der Waals surface area contributed by atoms with Crippen molar-refractivity contribution in [1.29, 1.82) is 0 Å². The number of hydrogen-bond donors (Lipinski definition) is 2. The Bertz CT molecular complexity index is 2080. The molecule has 1 aliphatic heterocycles. The Morgan fingerprint density at radius 2 is 1.81 bits per heavy atom. The molecule has 1 aliphatic rings. The lowest BCUT2D eigenvalue weighted by Crippen LogP contribution is -2.20. The average molecular weight is 612 g/mol. The summed E-state index contributed by atoms with van der Waals surface area (Å²) in [6.07, 6.45) is 6.07. The Balaban J connectivity index is 1.33. The third-order valence-electron chi connectivity index (χ3n) is 7.72. The van der Waals surface area contributed by atoms with Crippen LogP contribution < -0.4 is 25.6 Å². The molecule has 0 spiro atoms. The fraction of sp³-hybridized carbons (Fsp3) is 0.233. The largest absolute Gasteiger partial charge is 0.494 e. The van der Waals surface area contributed by atoms with E-state index < -0.39 is 7.14 Å². The predicted octanol–water partition coefficient (Wildman–Crippen LogP) is 5.77. The summed E-state index contributed by atoms with van der Waals surface area (Å²) in [4.78, 5) is 20.9. The van der Waals surface area contributed by atoms with Crippen molar-refractivity contribution in [1.82, 2.24) is 29.7 Å². The van der Waals surface area contributed by atoms with Crippen LogP contribution in [0.5, 0.6) is 5.75 Å². The number of nitrogens with zero attached hydrogens (tertiary/aromatic N) is 7. The molecule has 43 heavy (non-hydrogen) atoms. The van der Waals surface area contributed by atoms with Gasteiger partial charge in [0.2, 0.25) is 5.95 Å². The summed E-state index contributed by atoms with van der Waals surface area (Å²) in [7, 11) is 2.98. The van der Waals surface area contributed by atoms with Crippen molar-refractivity contribution in [3.05, 3.63) is 60.0 Å². The molecule has 0 saturated carbocycles. The Kier molecular flexibility index (Phi) is 6.55. The highest BCUT2D eigenvalue weighted by molar-refractivity contribution is 7.71. The van der Waals surface area contributed by atoms with Crippen LogP contribution in [0.15, 0.2) is 54.3 Å². The lowest BCUT2D eigenvalue weighted by Gasteiger charge is -2.22. The fourth-order valence-electron chi connectivity index (χ4n) is 5.67. The summed E-state index contributed by atoms with van der Waals surface area (Å²) in [5, 5.41) is 14.0. The second-order valence-electron chi connectivity index (χ2n) is 10.9. The molecule has 0 fully saturated rings. The standard InChI is InChI=1S/C30H30N9O2PS/c1-38-12-8-23-18(16-33-39(23)2)17-14-22(25(41-3)15-24(17)38)36-30-35-21-9-13-43-28(21)29(37-30)34-20-7-6-19-26(32-11-10-31-19)27(20)42(4,5)40/h6-7,9-11,13-16H,8,12H2,1-5H3,(H2,34,35,36,37). The number of likely N-dealkylation sites (N-methyl/N-ethyl adjacent to an activating group) is 1. The van der Waals surface area contributed by atoms with Crippen molar-refractivity contribution >= 4 is 73.9 Å². The molecule has 13 heteroatoms. The van der Waals surface area contributed by atoms with Crippen LogP contribution in [-0.4, -0.2) is 63.7 Å². The van der Waals surface area contributed by atoms with E-state index in [1.165, 1.54) is 17.0 Å². The van der Waals surface area contributed by atoms with Crippen LogP contribution in [0.1, 0.15) is 5.69 Å². The summed E-state index contributed by atoms with van der Waals surface area (Å²) < 4.78 is 22.2. The summed E-state index contributed by atoms with van der Waals surface area (Å²) >= 11 is 1.54. The smallest absolute Gasteiger partial charge is 0.229 e. The van der Waals surface area contributed by atoms with Gasteiger partial charge in [-0.3, -0.25) is 14.6 Å². The van der Waals surface area contributed by atoms with E-state index >= 15 is 0 Å². The monoisotopic (exact) mass is 611 g/mol. The molecule has 6 aromatic rings. The first kappa shape index (κ1) is 27.3. The third-order valence-corrected chi connectivity index (χ3v) is 10.2. The van der Waals surface area contributed by atoms with E-state index in [0.717, 1.165) is 45.7 Å². The number of anilines is 5. The summed E-state index contributed by atoms with van der Waals surface area (Å²) in [5.74, 6) is 1.68. The summed E-state index contributed by atoms with van der Waals surface area (Å²) in [6.45, 7) is 4.35. The van der Waals surface area contributed by atoms with Crippen molar-refractivity contribution < 1.29 is 9.30 Å². The number of ether oxygens (including phenoxy) is 1. The first-order chi connectivity index (χ1) is 20.7. The number of aryl methyl sites for hydroxylation is 1. The normalized spacial score (nSPS) is 13.1. The van der Waals surface area contributed by atoms with Crippen LogP contribution in [0.3, 0.4) is 0 Å². The molecule has 2 aromatic carbocycles. The van der Waals surface area contributed by atoms with Crippen LogP contribution in [0.25, 0.3) is 32.4 Å². The van der Waals surface area contributed by atoms with Crippen molar-refractivity contribution in [2.45, 2.75) is 6.42 Å². The number of aromatic nitrogens is 6.